The minimum atomic E-state index is 0.342. The van der Waals surface area contributed by atoms with E-state index in [1.54, 1.807) is 0 Å². The molecule has 1 aromatic rings. The van der Waals surface area contributed by atoms with Gasteiger partial charge in [-0.1, -0.05) is 26.7 Å². The van der Waals surface area contributed by atoms with Crippen molar-refractivity contribution in [3.05, 3.63) is 5.82 Å². The van der Waals surface area contributed by atoms with Gasteiger partial charge in [-0.3, -0.25) is 4.90 Å². The van der Waals surface area contributed by atoms with E-state index in [1.165, 1.54) is 25.7 Å². The smallest absolute Gasteiger partial charge is 0.168 e. The SMILES string of the molecule is CC(C)[C@H](c1nnnn1C1CCCC1)N1CCN(C)CC1. The summed E-state index contributed by atoms with van der Waals surface area (Å²) in [6.07, 6.45) is 5.08. The van der Waals surface area contributed by atoms with Crippen molar-refractivity contribution in [3.63, 3.8) is 0 Å². The Morgan fingerprint density at radius 1 is 1.05 bits per heavy atom. The standard InChI is InChI=1S/C15H28N6/c1-12(2)14(20-10-8-19(3)9-11-20)15-16-17-18-21(15)13-6-4-5-7-13/h12-14H,4-11H2,1-3H3/t14-/m1/s1. The third-order valence-electron chi connectivity index (χ3n) is 5.02. The van der Waals surface area contributed by atoms with E-state index in [9.17, 15) is 0 Å². The molecule has 2 heterocycles. The van der Waals surface area contributed by atoms with Gasteiger partial charge in [0.05, 0.1) is 12.1 Å². The lowest BCUT2D eigenvalue weighted by molar-refractivity contribution is 0.0798. The monoisotopic (exact) mass is 292 g/mol. The van der Waals surface area contributed by atoms with Crippen LogP contribution in [0.25, 0.3) is 0 Å². The summed E-state index contributed by atoms with van der Waals surface area (Å²) in [5, 5.41) is 12.8. The maximum absolute atomic E-state index is 4.42. The first-order valence-electron chi connectivity index (χ1n) is 8.37. The summed E-state index contributed by atoms with van der Waals surface area (Å²) >= 11 is 0. The second-order valence-electron chi connectivity index (χ2n) is 6.95. The highest BCUT2D eigenvalue weighted by atomic mass is 15.6. The van der Waals surface area contributed by atoms with Crippen molar-refractivity contribution in [2.24, 2.45) is 5.92 Å². The van der Waals surface area contributed by atoms with E-state index >= 15 is 0 Å². The second kappa shape index (κ2) is 6.40. The Hall–Kier alpha value is -1.01. The third-order valence-corrected chi connectivity index (χ3v) is 5.02. The molecule has 6 heteroatoms. The molecule has 1 saturated carbocycles. The van der Waals surface area contributed by atoms with Gasteiger partial charge in [-0.05, 0) is 36.2 Å². The molecule has 0 N–H and O–H groups in total. The van der Waals surface area contributed by atoms with Crippen molar-refractivity contribution >= 4 is 0 Å². The van der Waals surface area contributed by atoms with Gasteiger partial charge in [0.2, 0.25) is 0 Å². The third kappa shape index (κ3) is 3.11. The van der Waals surface area contributed by atoms with Crippen LogP contribution < -0.4 is 0 Å². The molecule has 1 aromatic heterocycles. The van der Waals surface area contributed by atoms with Crippen molar-refractivity contribution < 1.29 is 0 Å². The van der Waals surface area contributed by atoms with Crippen LogP contribution in [0.1, 0.15) is 57.4 Å². The average molecular weight is 292 g/mol. The fourth-order valence-electron chi connectivity index (χ4n) is 3.79. The minimum Gasteiger partial charge on any atom is -0.304 e. The number of likely N-dealkylation sites (N-methyl/N-ethyl adjacent to an activating group) is 1. The Morgan fingerprint density at radius 2 is 1.71 bits per heavy atom. The molecule has 6 nitrogen and oxygen atoms in total. The fourth-order valence-corrected chi connectivity index (χ4v) is 3.79. The lowest BCUT2D eigenvalue weighted by Gasteiger charge is -2.39. The van der Waals surface area contributed by atoms with Crippen LogP contribution in [0.4, 0.5) is 0 Å². The minimum absolute atomic E-state index is 0.342. The molecule has 21 heavy (non-hydrogen) atoms. The molecule has 0 bridgehead atoms. The van der Waals surface area contributed by atoms with E-state index in [2.05, 4.69) is 50.9 Å². The van der Waals surface area contributed by atoms with Crippen molar-refractivity contribution in [1.29, 1.82) is 0 Å². The van der Waals surface area contributed by atoms with Gasteiger partial charge in [-0.15, -0.1) is 5.10 Å². The molecule has 3 rings (SSSR count). The molecule has 1 aliphatic heterocycles. The van der Waals surface area contributed by atoms with E-state index in [-0.39, 0.29) is 0 Å². The van der Waals surface area contributed by atoms with Crippen molar-refractivity contribution in [2.45, 2.75) is 51.6 Å². The van der Waals surface area contributed by atoms with Gasteiger partial charge in [0.1, 0.15) is 0 Å². The van der Waals surface area contributed by atoms with Gasteiger partial charge in [0.25, 0.3) is 0 Å². The largest absolute Gasteiger partial charge is 0.304 e. The molecule has 0 unspecified atom stereocenters. The highest BCUT2D eigenvalue weighted by molar-refractivity contribution is 4.98. The highest BCUT2D eigenvalue weighted by Gasteiger charge is 2.33. The Morgan fingerprint density at radius 3 is 2.33 bits per heavy atom. The summed E-state index contributed by atoms with van der Waals surface area (Å²) in [6.45, 7) is 9.06. The number of nitrogens with zero attached hydrogens (tertiary/aromatic N) is 6. The predicted molar refractivity (Wildman–Crippen MR) is 82.0 cm³/mol. The van der Waals surface area contributed by atoms with E-state index in [0.29, 0.717) is 18.0 Å². The Bertz CT molecular complexity index is 443. The maximum atomic E-state index is 4.42. The Balaban J connectivity index is 1.82. The van der Waals surface area contributed by atoms with Crippen LogP contribution >= 0.6 is 0 Å². The summed E-state index contributed by atoms with van der Waals surface area (Å²) in [6, 6.07) is 0.859. The van der Waals surface area contributed by atoms with Crippen molar-refractivity contribution in [2.75, 3.05) is 33.2 Å². The quantitative estimate of drug-likeness (QED) is 0.846. The summed E-state index contributed by atoms with van der Waals surface area (Å²) in [4.78, 5) is 4.97. The van der Waals surface area contributed by atoms with E-state index in [0.717, 1.165) is 32.0 Å². The number of rotatable bonds is 4. The van der Waals surface area contributed by atoms with Gasteiger partial charge in [0, 0.05) is 26.2 Å². The predicted octanol–water partition coefficient (Wildman–Crippen LogP) is 1.73. The van der Waals surface area contributed by atoms with Crippen LogP contribution in [0.5, 0.6) is 0 Å². The van der Waals surface area contributed by atoms with Crippen LogP contribution in [0.15, 0.2) is 0 Å². The lowest BCUT2D eigenvalue weighted by Crippen LogP contribution is -2.47. The molecular weight excluding hydrogens is 264 g/mol. The molecular formula is C15H28N6. The summed E-state index contributed by atoms with van der Waals surface area (Å²) in [5.74, 6) is 1.61. The molecule has 1 saturated heterocycles. The van der Waals surface area contributed by atoms with Crippen LogP contribution in [-0.4, -0.2) is 63.2 Å². The lowest BCUT2D eigenvalue weighted by atomic mass is 10.00. The Labute approximate surface area is 127 Å². The van der Waals surface area contributed by atoms with Crippen LogP contribution in [-0.2, 0) is 0 Å². The first-order valence-corrected chi connectivity index (χ1v) is 8.37. The second-order valence-corrected chi connectivity index (χ2v) is 6.95. The number of piperazine rings is 1. The van der Waals surface area contributed by atoms with Gasteiger partial charge < -0.3 is 4.90 Å². The topological polar surface area (TPSA) is 50.1 Å². The number of hydrogen-bond acceptors (Lipinski definition) is 5. The number of aromatic nitrogens is 4. The van der Waals surface area contributed by atoms with Gasteiger partial charge >= 0.3 is 0 Å². The molecule has 1 atom stereocenters. The van der Waals surface area contributed by atoms with Crippen LogP contribution in [0.3, 0.4) is 0 Å². The van der Waals surface area contributed by atoms with Crippen molar-refractivity contribution in [3.8, 4) is 0 Å². The summed E-state index contributed by atoms with van der Waals surface area (Å²) in [5.41, 5.74) is 0. The first-order chi connectivity index (χ1) is 10.2. The number of tetrazole rings is 1. The molecule has 2 fully saturated rings. The molecule has 0 aromatic carbocycles. The Kier molecular flexibility index (Phi) is 4.54. The van der Waals surface area contributed by atoms with E-state index < -0.39 is 0 Å². The van der Waals surface area contributed by atoms with Gasteiger partial charge in [-0.25, -0.2) is 4.68 Å². The van der Waals surface area contributed by atoms with Gasteiger partial charge in [-0.2, -0.15) is 0 Å². The van der Waals surface area contributed by atoms with Crippen LogP contribution in [0.2, 0.25) is 0 Å². The normalized spacial score (nSPS) is 24.0. The zero-order chi connectivity index (χ0) is 14.8. The maximum Gasteiger partial charge on any atom is 0.168 e. The van der Waals surface area contributed by atoms with Crippen molar-refractivity contribution in [1.82, 2.24) is 30.0 Å². The molecule has 2 aliphatic rings. The molecule has 118 valence electrons. The number of hydrogen-bond donors (Lipinski definition) is 0. The molecule has 0 radical (unpaired) electrons. The first kappa shape index (κ1) is 14.9. The molecule has 0 amide bonds. The van der Waals surface area contributed by atoms with Crippen LogP contribution in [0, 0.1) is 5.92 Å². The molecule has 1 aliphatic carbocycles. The zero-order valence-corrected chi connectivity index (χ0v) is 13.6. The van der Waals surface area contributed by atoms with Gasteiger partial charge in [0.15, 0.2) is 5.82 Å². The average Bonchev–Trinajstić information content (AvgIpc) is 3.11. The fraction of sp³-hybridized carbons (Fsp3) is 0.933. The zero-order valence-electron chi connectivity index (χ0n) is 13.6. The van der Waals surface area contributed by atoms with E-state index in [1.807, 2.05) is 0 Å². The summed E-state index contributed by atoms with van der Waals surface area (Å²) < 4.78 is 2.13. The highest BCUT2D eigenvalue weighted by Crippen LogP contribution is 2.34. The van der Waals surface area contributed by atoms with E-state index in [4.69, 9.17) is 0 Å². The molecule has 0 spiro atoms. The summed E-state index contributed by atoms with van der Waals surface area (Å²) in [7, 11) is 2.20.